The molecule has 1 aromatic heterocycles. The first-order valence-electron chi connectivity index (χ1n) is 8.09. The number of carbonyl (C=O) groups excluding carboxylic acids is 1. The lowest BCUT2D eigenvalue weighted by molar-refractivity contribution is -0.115. The average molecular weight is 408 g/mol. The maximum atomic E-state index is 13.0. The van der Waals surface area contributed by atoms with Gasteiger partial charge in [-0.05, 0) is 43.3 Å². The molecule has 142 valence electrons. The van der Waals surface area contributed by atoms with Crippen LogP contribution >= 0.6 is 11.3 Å². The molecule has 0 aliphatic carbocycles. The van der Waals surface area contributed by atoms with E-state index in [1.54, 1.807) is 11.6 Å². The van der Waals surface area contributed by atoms with E-state index in [0.717, 1.165) is 34.5 Å². The molecule has 0 aliphatic rings. The quantitative estimate of drug-likeness (QED) is 0.608. The zero-order chi connectivity index (χ0) is 19.6. The summed E-state index contributed by atoms with van der Waals surface area (Å²) in [6, 6.07) is 9.88. The molecule has 0 spiro atoms. The highest BCUT2D eigenvalue weighted by Gasteiger charge is 2.19. The molecule has 0 fully saturated rings. The molecule has 0 saturated heterocycles. The highest BCUT2D eigenvalue weighted by atomic mass is 32.2. The van der Waals surface area contributed by atoms with Gasteiger partial charge in [0.2, 0.25) is 0 Å². The molecule has 0 unspecified atom stereocenters. The number of sulfone groups is 1. The van der Waals surface area contributed by atoms with Crippen molar-refractivity contribution in [2.45, 2.75) is 11.8 Å². The fourth-order valence-electron chi connectivity index (χ4n) is 2.57. The topological polar surface area (TPSA) is 77.7 Å². The Morgan fingerprint density at radius 2 is 1.93 bits per heavy atom. The standard InChI is InChI=1S/C18H17FN2O4S2/c1-3-25-14-5-4-6-15-17(14)21(2)18(26-15)20-16(22)11-27(23,24)13-9-7-12(19)8-10-13/h4-10H,3,11H2,1-2H3. The van der Waals surface area contributed by atoms with Crippen LogP contribution in [0.4, 0.5) is 4.39 Å². The van der Waals surface area contributed by atoms with Crippen molar-refractivity contribution < 1.29 is 22.3 Å². The van der Waals surface area contributed by atoms with Gasteiger partial charge in [-0.2, -0.15) is 4.99 Å². The Bertz CT molecular complexity index is 1160. The van der Waals surface area contributed by atoms with Gasteiger partial charge in [-0.1, -0.05) is 17.4 Å². The van der Waals surface area contributed by atoms with Crippen LogP contribution in [0.1, 0.15) is 6.92 Å². The van der Waals surface area contributed by atoms with E-state index < -0.39 is 27.3 Å². The Hall–Kier alpha value is -2.52. The van der Waals surface area contributed by atoms with Gasteiger partial charge in [0.05, 0.1) is 16.2 Å². The van der Waals surface area contributed by atoms with E-state index in [2.05, 4.69) is 4.99 Å². The summed E-state index contributed by atoms with van der Waals surface area (Å²) in [4.78, 5) is 16.5. The SMILES string of the molecule is CCOc1cccc2sc(=NC(=O)CS(=O)(=O)c3ccc(F)cc3)n(C)c12. The Morgan fingerprint density at radius 3 is 2.59 bits per heavy atom. The minimum absolute atomic E-state index is 0.119. The number of hydrogen-bond donors (Lipinski definition) is 0. The molecule has 3 aromatic rings. The van der Waals surface area contributed by atoms with Crippen molar-refractivity contribution in [1.82, 2.24) is 4.57 Å². The number of ether oxygens (including phenoxy) is 1. The lowest BCUT2D eigenvalue weighted by Crippen LogP contribution is -2.19. The number of para-hydroxylation sites is 1. The maximum absolute atomic E-state index is 13.0. The van der Waals surface area contributed by atoms with Gasteiger partial charge < -0.3 is 9.30 Å². The Morgan fingerprint density at radius 1 is 1.22 bits per heavy atom. The third kappa shape index (κ3) is 4.09. The van der Waals surface area contributed by atoms with Crippen LogP contribution < -0.4 is 9.54 Å². The van der Waals surface area contributed by atoms with Gasteiger partial charge in [-0.25, -0.2) is 12.8 Å². The van der Waals surface area contributed by atoms with E-state index in [4.69, 9.17) is 4.74 Å². The third-order valence-corrected chi connectivity index (χ3v) is 6.51. The molecular weight excluding hydrogens is 391 g/mol. The molecule has 0 bridgehead atoms. The highest BCUT2D eigenvalue weighted by molar-refractivity contribution is 7.92. The average Bonchev–Trinajstić information content (AvgIpc) is 2.92. The largest absolute Gasteiger partial charge is 0.492 e. The summed E-state index contributed by atoms with van der Waals surface area (Å²) >= 11 is 1.27. The van der Waals surface area contributed by atoms with E-state index in [0.29, 0.717) is 17.2 Å². The number of amides is 1. The predicted octanol–water partition coefficient (Wildman–Crippen LogP) is 2.68. The second kappa shape index (κ2) is 7.61. The van der Waals surface area contributed by atoms with Crippen molar-refractivity contribution in [3.8, 4) is 5.75 Å². The molecule has 0 atom stereocenters. The fourth-order valence-corrected chi connectivity index (χ4v) is 4.73. The Labute approximate surface area is 159 Å². The van der Waals surface area contributed by atoms with Gasteiger partial charge in [-0.3, -0.25) is 4.79 Å². The van der Waals surface area contributed by atoms with Crippen molar-refractivity contribution >= 4 is 37.3 Å². The van der Waals surface area contributed by atoms with Gasteiger partial charge in [0.15, 0.2) is 14.6 Å². The van der Waals surface area contributed by atoms with Crippen LogP contribution in [0.2, 0.25) is 0 Å². The van der Waals surface area contributed by atoms with E-state index in [-0.39, 0.29) is 4.90 Å². The number of benzene rings is 2. The molecule has 0 saturated carbocycles. The number of carbonyl (C=O) groups is 1. The maximum Gasteiger partial charge on any atom is 0.263 e. The normalized spacial score (nSPS) is 12.5. The van der Waals surface area contributed by atoms with E-state index in [1.807, 2.05) is 25.1 Å². The number of thiazole rings is 1. The van der Waals surface area contributed by atoms with Crippen molar-refractivity contribution in [1.29, 1.82) is 0 Å². The molecule has 0 aliphatic heterocycles. The van der Waals surface area contributed by atoms with Crippen LogP contribution in [-0.2, 0) is 21.7 Å². The molecule has 3 rings (SSSR count). The second-order valence-corrected chi connectivity index (χ2v) is 8.70. The lowest BCUT2D eigenvalue weighted by atomic mass is 10.3. The summed E-state index contributed by atoms with van der Waals surface area (Å²) in [6.45, 7) is 2.37. The van der Waals surface area contributed by atoms with Gasteiger partial charge in [0.1, 0.15) is 22.8 Å². The fraction of sp³-hybridized carbons (Fsp3) is 0.222. The minimum Gasteiger partial charge on any atom is -0.492 e. The first-order valence-corrected chi connectivity index (χ1v) is 10.6. The van der Waals surface area contributed by atoms with Crippen LogP contribution in [0, 0.1) is 5.82 Å². The number of aromatic nitrogens is 1. The van der Waals surface area contributed by atoms with Crippen molar-refractivity contribution in [3.63, 3.8) is 0 Å². The van der Waals surface area contributed by atoms with E-state index >= 15 is 0 Å². The Kier molecular flexibility index (Phi) is 5.43. The van der Waals surface area contributed by atoms with Crippen LogP contribution in [0.15, 0.2) is 52.4 Å². The number of hydrogen-bond acceptors (Lipinski definition) is 5. The first-order chi connectivity index (χ1) is 12.8. The third-order valence-electron chi connectivity index (χ3n) is 3.79. The second-order valence-electron chi connectivity index (χ2n) is 5.70. The van der Waals surface area contributed by atoms with Crippen LogP contribution in [-0.4, -0.2) is 31.3 Å². The minimum atomic E-state index is -3.90. The summed E-state index contributed by atoms with van der Waals surface area (Å²) in [5, 5.41) is 0. The van der Waals surface area contributed by atoms with Gasteiger partial charge in [-0.15, -0.1) is 0 Å². The monoisotopic (exact) mass is 408 g/mol. The number of halogens is 1. The molecule has 0 radical (unpaired) electrons. The summed E-state index contributed by atoms with van der Waals surface area (Å²) in [7, 11) is -2.16. The molecule has 27 heavy (non-hydrogen) atoms. The number of rotatable bonds is 5. The van der Waals surface area contributed by atoms with E-state index in [9.17, 15) is 17.6 Å². The molecule has 0 N–H and O–H groups in total. The summed E-state index contributed by atoms with van der Waals surface area (Å²) in [5.74, 6) is -1.46. The van der Waals surface area contributed by atoms with Crippen molar-refractivity contribution in [2.24, 2.45) is 12.0 Å². The van der Waals surface area contributed by atoms with Crippen molar-refractivity contribution in [2.75, 3.05) is 12.4 Å². The van der Waals surface area contributed by atoms with Gasteiger partial charge in [0, 0.05) is 7.05 Å². The van der Waals surface area contributed by atoms with Gasteiger partial charge in [0.25, 0.3) is 5.91 Å². The number of aryl methyl sites for hydroxylation is 1. The predicted molar refractivity (Wildman–Crippen MR) is 101 cm³/mol. The zero-order valence-electron chi connectivity index (χ0n) is 14.7. The zero-order valence-corrected chi connectivity index (χ0v) is 16.3. The smallest absolute Gasteiger partial charge is 0.263 e. The van der Waals surface area contributed by atoms with Gasteiger partial charge >= 0.3 is 0 Å². The first kappa shape index (κ1) is 19.2. The van der Waals surface area contributed by atoms with Crippen LogP contribution in [0.5, 0.6) is 5.75 Å². The summed E-state index contributed by atoms with van der Waals surface area (Å²) in [5.41, 5.74) is 0.789. The van der Waals surface area contributed by atoms with Crippen LogP contribution in [0.25, 0.3) is 10.2 Å². The molecule has 1 heterocycles. The summed E-state index contributed by atoms with van der Waals surface area (Å²) in [6.07, 6.45) is 0. The van der Waals surface area contributed by atoms with E-state index in [1.165, 1.54) is 11.3 Å². The Balaban J connectivity index is 1.94. The molecule has 2 aromatic carbocycles. The van der Waals surface area contributed by atoms with Crippen LogP contribution in [0.3, 0.4) is 0 Å². The molecule has 1 amide bonds. The lowest BCUT2D eigenvalue weighted by Gasteiger charge is -2.05. The summed E-state index contributed by atoms with van der Waals surface area (Å²) < 4.78 is 45.8. The number of nitrogens with zero attached hydrogens (tertiary/aromatic N) is 2. The molecular formula is C18H17FN2O4S2. The number of fused-ring (bicyclic) bond motifs is 1. The molecule has 9 heteroatoms. The highest BCUT2D eigenvalue weighted by Crippen LogP contribution is 2.26. The molecule has 6 nitrogen and oxygen atoms in total. The van der Waals surface area contributed by atoms with Crippen molar-refractivity contribution in [3.05, 3.63) is 53.1 Å².